The van der Waals surface area contributed by atoms with Crippen LogP contribution in [-0.4, -0.2) is 0 Å². The molecule has 0 fully saturated rings. The van der Waals surface area contributed by atoms with E-state index in [0.717, 1.165) is 5.56 Å². The van der Waals surface area contributed by atoms with Crippen LogP contribution in [0.3, 0.4) is 0 Å². The van der Waals surface area contributed by atoms with Crippen LogP contribution in [0.1, 0.15) is 5.56 Å². The highest BCUT2D eigenvalue weighted by atomic mass is 19.1. The van der Waals surface area contributed by atoms with Crippen molar-refractivity contribution in [3.63, 3.8) is 0 Å². The fourth-order valence-corrected chi connectivity index (χ4v) is 1.47. The Morgan fingerprint density at radius 1 is 1.12 bits per heavy atom. The van der Waals surface area contributed by atoms with E-state index in [-0.39, 0.29) is 5.75 Å². The molecule has 2 rings (SSSR count). The molecule has 0 aromatic heterocycles. The van der Waals surface area contributed by atoms with E-state index in [1.54, 1.807) is 24.3 Å². The van der Waals surface area contributed by atoms with E-state index >= 15 is 0 Å². The molecular weight excluding hydrogens is 215 g/mol. The molecule has 0 N–H and O–H groups in total. The third-order valence-electron chi connectivity index (χ3n) is 2.27. The molecule has 0 heterocycles. The molecule has 0 aliphatic heterocycles. The first-order valence-corrected chi connectivity index (χ1v) is 5.24. The molecule has 0 unspecified atom stereocenters. The predicted octanol–water partition coefficient (Wildman–Crippen LogP) is 3.79. The first-order valence-electron chi connectivity index (χ1n) is 5.24. The normalized spacial score (nSPS) is 9.65. The lowest BCUT2D eigenvalue weighted by molar-refractivity contribution is 0.441. The van der Waals surface area contributed by atoms with Crippen molar-refractivity contribution in [1.29, 1.82) is 0 Å². The first-order chi connectivity index (χ1) is 8.29. The van der Waals surface area contributed by atoms with E-state index in [4.69, 9.17) is 11.2 Å². The van der Waals surface area contributed by atoms with Gasteiger partial charge in [0.2, 0.25) is 0 Å². The van der Waals surface area contributed by atoms with Gasteiger partial charge in [-0.25, -0.2) is 4.39 Å². The lowest BCUT2D eigenvalue weighted by Crippen LogP contribution is -1.90. The summed E-state index contributed by atoms with van der Waals surface area (Å²) in [7, 11) is 0. The van der Waals surface area contributed by atoms with Crippen LogP contribution in [0.4, 0.5) is 4.39 Å². The number of halogens is 1. The van der Waals surface area contributed by atoms with Crippen LogP contribution in [-0.2, 0) is 6.42 Å². The van der Waals surface area contributed by atoms with E-state index < -0.39 is 5.82 Å². The molecule has 2 heteroatoms. The maximum Gasteiger partial charge on any atom is 0.165 e. The summed E-state index contributed by atoms with van der Waals surface area (Å²) in [5.74, 6) is 2.92. The molecule has 0 spiro atoms. The van der Waals surface area contributed by atoms with Gasteiger partial charge in [0.1, 0.15) is 5.75 Å². The summed E-state index contributed by atoms with van der Waals surface area (Å²) in [4.78, 5) is 0. The summed E-state index contributed by atoms with van der Waals surface area (Å²) in [6.07, 6.45) is 5.68. The molecule has 0 saturated heterocycles. The predicted molar refractivity (Wildman–Crippen MR) is 65.5 cm³/mol. The molecule has 0 bridgehead atoms. The summed E-state index contributed by atoms with van der Waals surface area (Å²) in [6, 6.07) is 13.7. The highest BCUT2D eigenvalue weighted by Crippen LogP contribution is 2.25. The summed E-state index contributed by atoms with van der Waals surface area (Å²) in [5.41, 5.74) is 0.861. The Kier molecular flexibility index (Phi) is 3.42. The Balaban J connectivity index is 2.26. The van der Waals surface area contributed by atoms with Gasteiger partial charge in [-0.1, -0.05) is 24.3 Å². The van der Waals surface area contributed by atoms with Gasteiger partial charge in [-0.2, -0.15) is 0 Å². The minimum atomic E-state index is -0.394. The van der Waals surface area contributed by atoms with Crippen LogP contribution in [0, 0.1) is 18.2 Å². The van der Waals surface area contributed by atoms with Crippen molar-refractivity contribution in [3.8, 4) is 23.8 Å². The average Bonchev–Trinajstić information content (AvgIpc) is 2.35. The number of benzene rings is 2. The zero-order chi connectivity index (χ0) is 12.1. The number of hydrogen-bond donors (Lipinski definition) is 0. The van der Waals surface area contributed by atoms with Gasteiger partial charge in [-0.05, 0) is 29.8 Å². The molecule has 84 valence electrons. The van der Waals surface area contributed by atoms with Gasteiger partial charge in [-0.3, -0.25) is 0 Å². The van der Waals surface area contributed by atoms with Crippen LogP contribution in [0.2, 0.25) is 0 Å². The molecule has 0 aliphatic carbocycles. The first kappa shape index (κ1) is 11.2. The minimum Gasteiger partial charge on any atom is -0.454 e. The Bertz CT molecular complexity index is 541. The van der Waals surface area contributed by atoms with Gasteiger partial charge in [0, 0.05) is 6.42 Å². The largest absolute Gasteiger partial charge is 0.454 e. The highest BCUT2D eigenvalue weighted by Gasteiger charge is 2.05. The van der Waals surface area contributed by atoms with Crippen molar-refractivity contribution in [1.82, 2.24) is 0 Å². The SMILES string of the molecule is C#CCc1ccc(F)c(Oc2ccccc2)c1. The van der Waals surface area contributed by atoms with Crippen molar-refractivity contribution in [2.24, 2.45) is 0 Å². The van der Waals surface area contributed by atoms with Gasteiger partial charge >= 0.3 is 0 Å². The molecule has 0 atom stereocenters. The van der Waals surface area contributed by atoms with E-state index in [9.17, 15) is 4.39 Å². The summed E-state index contributed by atoms with van der Waals surface area (Å²) >= 11 is 0. The Hall–Kier alpha value is -2.27. The van der Waals surface area contributed by atoms with E-state index in [1.807, 2.05) is 18.2 Å². The summed E-state index contributed by atoms with van der Waals surface area (Å²) in [5, 5.41) is 0. The number of terminal acetylenes is 1. The Morgan fingerprint density at radius 3 is 2.59 bits per heavy atom. The topological polar surface area (TPSA) is 9.23 Å². The van der Waals surface area contributed by atoms with Gasteiger partial charge < -0.3 is 4.74 Å². The second-order valence-electron chi connectivity index (χ2n) is 3.56. The summed E-state index contributed by atoms with van der Waals surface area (Å²) in [6.45, 7) is 0. The Labute approximate surface area is 99.9 Å². The van der Waals surface area contributed by atoms with Crippen molar-refractivity contribution >= 4 is 0 Å². The Morgan fingerprint density at radius 2 is 1.88 bits per heavy atom. The maximum absolute atomic E-state index is 13.5. The molecule has 0 radical (unpaired) electrons. The molecule has 0 aliphatic rings. The maximum atomic E-state index is 13.5. The molecule has 0 amide bonds. The minimum absolute atomic E-state index is 0.198. The van der Waals surface area contributed by atoms with Crippen molar-refractivity contribution < 1.29 is 9.13 Å². The van der Waals surface area contributed by atoms with Crippen LogP contribution < -0.4 is 4.74 Å². The third-order valence-corrected chi connectivity index (χ3v) is 2.27. The second kappa shape index (κ2) is 5.18. The zero-order valence-corrected chi connectivity index (χ0v) is 9.19. The van der Waals surface area contributed by atoms with E-state index in [1.165, 1.54) is 6.07 Å². The van der Waals surface area contributed by atoms with E-state index in [2.05, 4.69) is 5.92 Å². The van der Waals surface area contributed by atoms with Gasteiger partial charge in [0.15, 0.2) is 11.6 Å². The molecule has 2 aromatic rings. The fraction of sp³-hybridized carbons (Fsp3) is 0.0667. The van der Waals surface area contributed by atoms with Crippen LogP contribution in [0.15, 0.2) is 48.5 Å². The molecular formula is C15H11FO. The molecule has 2 aromatic carbocycles. The second-order valence-corrected chi connectivity index (χ2v) is 3.56. The zero-order valence-electron chi connectivity index (χ0n) is 9.19. The number of ether oxygens (including phenoxy) is 1. The molecule has 17 heavy (non-hydrogen) atoms. The molecule has 1 nitrogen and oxygen atoms in total. The van der Waals surface area contributed by atoms with Gasteiger partial charge in [-0.15, -0.1) is 12.3 Å². The summed E-state index contributed by atoms with van der Waals surface area (Å²) < 4.78 is 19.0. The monoisotopic (exact) mass is 226 g/mol. The van der Waals surface area contributed by atoms with Gasteiger partial charge in [0.25, 0.3) is 0 Å². The van der Waals surface area contributed by atoms with Crippen molar-refractivity contribution in [3.05, 3.63) is 59.9 Å². The number of hydrogen-bond acceptors (Lipinski definition) is 1. The van der Waals surface area contributed by atoms with Crippen molar-refractivity contribution in [2.45, 2.75) is 6.42 Å². The third kappa shape index (κ3) is 2.85. The lowest BCUT2D eigenvalue weighted by Gasteiger charge is -2.07. The van der Waals surface area contributed by atoms with Gasteiger partial charge in [0.05, 0.1) is 0 Å². The highest BCUT2D eigenvalue weighted by molar-refractivity contribution is 5.36. The van der Waals surface area contributed by atoms with Crippen LogP contribution >= 0.6 is 0 Å². The molecule has 0 saturated carbocycles. The fourth-order valence-electron chi connectivity index (χ4n) is 1.47. The quantitative estimate of drug-likeness (QED) is 0.723. The van der Waals surface area contributed by atoms with Crippen LogP contribution in [0.5, 0.6) is 11.5 Å². The number of para-hydroxylation sites is 1. The smallest absolute Gasteiger partial charge is 0.165 e. The lowest BCUT2D eigenvalue weighted by atomic mass is 10.1. The average molecular weight is 226 g/mol. The van der Waals surface area contributed by atoms with Crippen LogP contribution in [0.25, 0.3) is 0 Å². The van der Waals surface area contributed by atoms with E-state index in [0.29, 0.717) is 12.2 Å². The standard InChI is InChI=1S/C15H11FO/c1-2-6-12-9-10-14(16)15(11-12)17-13-7-4-3-5-8-13/h1,3-5,7-11H,6H2. The number of rotatable bonds is 3. The van der Waals surface area contributed by atoms with Crippen molar-refractivity contribution in [2.75, 3.05) is 0 Å².